The van der Waals surface area contributed by atoms with E-state index in [0.29, 0.717) is 27.9 Å². The summed E-state index contributed by atoms with van der Waals surface area (Å²) in [6.07, 6.45) is 26.7. The van der Waals surface area contributed by atoms with E-state index in [1.165, 1.54) is 15.8 Å². The van der Waals surface area contributed by atoms with Crippen LogP contribution in [0, 0.1) is 24.7 Å². The minimum absolute atomic E-state index is 0.110. The third kappa shape index (κ3) is 21.5. The maximum absolute atomic E-state index is 4.49. The lowest BCUT2D eigenvalue weighted by molar-refractivity contribution is 0.469. The Morgan fingerprint density at radius 2 is 1.01 bits per heavy atom. The molecule has 0 radical (unpaired) electrons. The summed E-state index contributed by atoms with van der Waals surface area (Å²) < 4.78 is 4.83. The van der Waals surface area contributed by atoms with E-state index >= 15 is 0 Å². The number of rotatable bonds is 0. The Kier molecular flexibility index (Phi) is 21.4. The highest BCUT2D eigenvalue weighted by Gasteiger charge is 2.19. The number of hydrogen-bond acceptors (Lipinski definition) is 15. The van der Waals surface area contributed by atoms with Crippen molar-refractivity contribution in [1.82, 2.24) is 78.8 Å². The van der Waals surface area contributed by atoms with E-state index in [2.05, 4.69) is 198 Å². The second kappa shape index (κ2) is 27.6. The molecule has 12 aromatic rings. The SMILES string of the molecule is CC(C)(C)C.CC(C)(C)C.CC(C)(C)c1cnc2nccnc2c1.CC(C)(C)c1nc2ncccc2s1.Cc1cc2ncccn2c1.Cc1nc2ncccn2n1.c1cnc2ccncc2c1.c1cnc2nccnc2c1. The molecule has 12 aromatic heterocycles. The van der Waals surface area contributed by atoms with Crippen LogP contribution in [0.2, 0.25) is 0 Å². The maximum Gasteiger partial charge on any atom is 0.252 e. The van der Waals surface area contributed by atoms with Gasteiger partial charge < -0.3 is 4.40 Å². The average Bonchev–Trinajstić information content (AvgIpc) is 4.12. The molecular formula is C60H74N16S. The fourth-order valence-electron chi connectivity index (χ4n) is 5.99. The first-order valence-electron chi connectivity index (χ1n) is 25.3. The van der Waals surface area contributed by atoms with E-state index in [9.17, 15) is 0 Å². The molecule has 400 valence electrons. The number of hydrogen-bond donors (Lipinski definition) is 0. The minimum Gasteiger partial charge on any atom is -0.308 e. The van der Waals surface area contributed by atoms with Gasteiger partial charge in [0.25, 0.3) is 5.78 Å². The topological polar surface area (TPSA) is 189 Å². The lowest BCUT2D eigenvalue weighted by Gasteiger charge is -2.18. The van der Waals surface area contributed by atoms with Crippen LogP contribution in [-0.4, -0.2) is 78.8 Å². The molecule has 12 heterocycles. The Balaban J connectivity index is 0.000000165. The highest BCUT2D eigenvalue weighted by molar-refractivity contribution is 7.18. The molecule has 0 saturated carbocycles. The summed E-state index contributed by atoms with van der Waals surface area (Å²) in [5.41, 5.74) is 9.67. The van der Waals surface area contributed by atoms with Crippen molar-refractivity contribution >= 4 is 66.3 Å². The second-order valence-electron chi connectivity index (χ2n) is 22.9. The first-order chi connectivity index (χ1) is 36.3. The van der Waals surface area contributed by atoms with Gasteiger partial charge in [0.15, 0.2) is 16.9 Å². The fraction of sp³-hybridized carbons (Fsp3) is 0.333. The van der Waals surface area contributed by atoms with Crippen molar-refractivity contribution in [3.8, 4) is 0 Å². The molecule has 16 nitrogen and oxygen atoms in total. The Bertz CT molecular complexity index is 3270. The van der Waals surface area contributed by atoms with E-state index in [0.717, 1.165) is 44.1 Å². The van der Waals surface area contributed by atoms with Crippen molar-refractivity contribution in [3.05, 3.63) is 182 Å². The third-order valence-corrected chi connectivity index (χ3v) is 10.8. The molecular weight excluding hydrogens is 977 g/mol. The summed E-state index contributed by atoms with van der Waals surface area (Å²) in [6, 6.07) is 21.4. The highest BCUT2D eigenvalue weighted by Crippen LogP contribution is 2.30. The Labute approximate surface area is 457 Å². The monoisotopic (exact) mass is 1050 g/mol. The zero-order valence-corrected chi connectivity index (χ0v) is 48.4. The molecule has 0 amide bonds. The molecule has 0 atom stereocenters. The van der Waals surface area contributed by atoms with Gasteiger partial charge in [0.05, 0.1) is 10.2 Å². The van der Waals surface area contributed by atoms with Crippen LogP contribution >= 0.6 is 11.3 Å². The molecule has 0 aromatic carbocycles. The third-order valence-electron chi connectivity index (χ3n) is 9.37. The van der Waals surface area contributed by atoms with Crippen molar-refractivity contribution < 1.29 is 0 Å². The first-order valence-corrected chi connectivity index (χ1v) is 26.1. The van der Waals surface area contributed by atoms with Gasteiger partial charge in [-0.1, -0.05) is 96.9 Å². The molecule has 0 spiro atoms. The van der Waals surface area contributed by atoms with Crippen molar-refractivity contribution in [3.63, 3.8) is 0 Å². The summed E-state index contributed by atoms with van der Waals surface area (Å²) in [5, 5.41) is 6.30. The largest absolute Gasteiger partial charge is 0.308 e. The predicted molar refractivity (Wildman–Crippen MR) is 315 cm³/mol. The molecule has 0 bridgehead atoms. The van der Waals surface area contributed by atoms with Gasteiger partial charge >= 0.3 is 0 Å². The van der Waals surface area contributed by atoms with Crippen molar-refractivity contribution in [2.45, 2.75) is 122 Å². The quantitative estimate of drug-likeness (QED) is 0.139. The van der Waals surface area contributed by atoms with Gasteiger partial charge in [0.2, 0.25) is 0 Å². The molecule has 0 unspecified atom stereocenters. The van der Waals surface area contributed by atoms with Gasteiger partial charge in [-0.25, -0.2) is 44.4 Å². The number of pyridine rings is 5. The average molecular weight is 1050 g/mol. The van der Waals surface area contributed by atoms with Gasteiger partial charge in [-0.2, -0.15) is 10.1 Å². The van der Waals surface area contributed by atoms with Crippen LogP contribution in [0.15, 0.2) is 160 Å². The summed E-state index contributed by atoms with van der Waals surface area (Å²) in [4.78, 5) is 53.7. The Morgan fingerprint density at radius 3 is 1.64 bits per heavy atom. The van der Waals surface area contributed by atoms with E-state index in [-0.39, 0.29) is 10.8 Å². The van der Waals surface area contributed by atoms with Gasteiger partial charge in [0.1, 0.15) is 27.5 Å². The van der Waals surface area contributed by atoms with Crippen LogP contribution in [-0.2, 0) is 10.8 Å². The molecule has 0 aliphatic rings. The fourth-order valence-corrected chi connectivity index (χ4v) is 6.97. The summed E-state index contributed by atoms with van der Waals surface area (Å²) in [5.74, 6) is 1.40. The second-order valence-corrected chi connectivity index (χ2v) is 23.9. The number of nitrogens with zero attached hydrogens (tertiary/aromatic N) is 16. The first kappa shape index (κ1) is 59.7. The predicted octanol–water partition coefficient (Wildman–Crippen LogP) is 14.1. The summed E-state index contributed by atoms with van der Waals surface area (Å²) >= 11 is 1.73. The summed E-state index contributed by atoms with van der Waals surface area (Å²) in [7, 11) is 0. The number of fused-ring (bicyclic) bond motifs is 6. The molecule has 0 N–H and O–H groups in total. The molecule has 77 heavy (non-hydrogen) atoms. The Hall–Kier alpha value is -8.18. The van der Waals surface area contributed by atoms with Gasteiger partial charge in [-0.05, 0) is 108 Å². The van der Waals surface area contributed by atoms with Crippen LogP contribution in [0.25, 0.3) is 55.0 Å². The van der Waals surface area contributed by atoms with Crippen LogP contribution in [0.4, 0.5) is 0 Å². The van der Waals surface area contributed by atoms with Crippen LogP contribution in [0.1, 0.15) is 119 Å². The number of aryl methyl sites for hydroxylation is 2. The lowest BCUT2D eigenvalue weighted by Crippen LogP contribution is -2.11. The smallest absolute Gasteiger partial charge is 0.252 e. The number of thiazole rings is 1. The zero-order valence-electron chi connectivity index (χ0n) is 47.6. The normalized spacial score (nSPS) is 11.1. The van der Waals surface area contributed by atoms with Crippen LogP contribution in [0.3, 0.4) is 0 Å². The van der Waals surface area contributed by atoms with Crippen molar-refractivity contribution in [2.24, 2.45) is 10.8 Å². The van der Waals surface area contributed by atoms with E-state index in [1.54, 1.807) is 77.8 Å². The maximum atomic E-state index is 4.49. The lowest BCUT2D eigenvalue weighted by atomic mass is 9.88. The standard InChI is InChI=1S/C11H13N3.C10H12N2S.C8H8N2.C8H6N2.C7H5N3.C6H6N4.2C5H12/c1-11(2,3)8-6-9-10(14-7-8)13-5-4-12-9;1-10(2,3)9-12-8-7(13-9)5-4-6-11-8;1-7-5-8-9-3-2-4-10(8)6-7;1-2-7-6-9-5-3-8(7)10-4-1;1-2-6-7(9-3-1)10-5-4-8-6;1-5-8-6-7-3-2-4-10(6)9-5;2*1-5(2,3)4/h4-7H,1-3H3;4-6H,1-3H3;2-6H,1H3;1-6H;1-5H;2-4H,1H3;2*1-4H3. The van der Waals surface area contributed by atoms with E-state index < -0.39 is 0 Å². The Morgan fingerprint density at radius 1 is 0.455 bits per heavy atom. The van der Waals surface area contributed by atoms with Gasteiger partial charge in [-0.3, -0.25) is 19.9 Å². The van der Waals surface area contributed by atoms with E-state index in [4.69, 9.17) is 0 Å². The van der Waals surface area contributed by atoms with Crippen molar-refractivity contribution in [2.75, 3.05) is 0 Å². The zero-order chi connectivity index (χ0) is 56.2. The number of aromatic nitrogens is 16. The highest BCUT2D eigenvalue weighted by atomic mass is 32.1. The molecule has 12 rings (SSSR count). The summed E-state index contributed by atoms with van der Waals surface area (Å²) in [6.45, 7) is 34.4. The molecule has 0 saturated heterocycles. The molecule has 0 aliphatic heterocycles. The van der Waals surface area contributed by atoms with Crippen LogP contribution < -0.4 is 0 Å². The minimum atomic E-state index is 0.110. The molecule has 0 fully saturated rings. The van der Waals surface area contributed by atoms with Crippen LogP contribution in [0.5, 0.6) is 0 Å². The van der Waals surface area contributed by atoms with Gasteiger partial charge in [-0.15, -0.1) is 11.3 Å². The van der Waals surface area contributed by atoms with Crippen molar-refractivity contribution in [1.29, 1.82) is 0 Å². The molecule has 17 heteroatoms. The molecule has 0 aliphatic carbocycles. The van der Waals surface area contributed by atoms with Gasteiger partial charge in [0, 0.05) is 104 Å². The van der Waals surface area contributed by atoms with E-state index in [1.807, 2.05) is 84.6 Å².